The number of halogens is 2. The average Bonchev–Trinajstić information content (AvgIpc) is 2.80. The lowest BCUT2D eigenvalue weighted by Gasteiger charge is -2.18. The van der Waals surface area contributed by atoms with Crippen LogP contribution in [-0.4, -0.2) is 6.54 Å². The first-order chi connectivity index (χ1) is 9.19. The molecule has 0 aliphatic heterocycles. The zero-order chi connectivity index (χ0) is 13.7. The molecular weight excluding hydrogens is 342 g/mol. The van der Waals surface area contributed by atoms with Gasteiger partial charge in [0.2, 0.25) is 0 Å². The molecule has 0 saturated carbocycles. The third kappa shape index (κ3) is 4.60. The molecule has 0 aliphatic rings. The lowest BCUT2D eigenvalue weighted by atomic mass is 10.0. The minimum absolute atomic E-state index is 0.323. The van der Waals surface area contributed by atoms with Crippen molar-refractivity contribution in [2.24, 2.45) is 0 Å². The second kappa shape index (κ2) is 7.44. The molecule has 0 bridgehead atoms. The summed E-state index contributed by atoms with van der Waals surface area (Å²) in [6.07, 6.45) is 2.13. The van der Waals surface area contributed by atoms with Crippen molar-refractivity contribution in [1.29, 1.82) is 0 Å². The van der Waals surface area contributed by atoms with Gasteiger partial charge in [-0.25, -0.2) is 0 Å². The van der Waals surface area contributed by atoms with Crippen LogP contribution in [-0.2, 0) is 6.42 Å². The summed E-state index contributed by atoms with van der Waals surface area (Å²) in [5, 5.41) is 6.53. The highest BCUT2D eigenvalue weighted by molar-refractivity contribution is 9.10. The Labute approximate surface area is 132 Å². The summed E-state index contributed by atoms with van der Waals surface area (Å²) in [4.78, 5) is 1.38. The molecule has 1 nitrogen and oxygen atoms in total. The van der Waals surface area contributed by atoms with Gasteiger partial charge in [-0.15, -0.1) is 11.3 Å². The minimum atomic E-state index is 0.323. The molecule has 0 amide bonds. The van der Waals surface area contributed by atoms with Crippen LogP contribution < -0.4 is 5.32 Å². The van der Waals surface area contributed by atoms with E-state index >= 15 is 0 Å². The van der Waals surface area contributed by atoms with Crippen molar-refractivity contribution in [2.75, 3.05) is 6.54 Å². The Kier molecular flexibility index (Phi) is 5.89. The van der Waals surface area contributed by atoms with Crippen LogP contribution in [0, 0.1) is 0 Å². The van der Waals surface area contributed by atoms with E-state index in [1.165, 1.54) is 10.4 Å². The first-order valence-corrected chi connectivity index (χ1v) is 8.46. The fourth-order valence-corrected chi connectivity index (χ4v) is 3.71. The zero-order valence-electron chi connectivity index (χ0n) is 10.8. The fraction of sp³-hybridized carbons (Fsp3) is 0.333. The molecule has 1 atom stereocenters. The molecule has 2 rings (SSSR count). The number of nitrogens with one attached hydrogen (secondary N) is 1. The highest BCUT2D eigenvalue weighted by atomic mass is 79.9. The third-order valence-electron chi connectivity index (χ3n) is 2.92. The van der Waals surface area contributed by atoms with Crippen LogP contribution in [0.25, 0.3) is 0 Å². The predicted molar refractivity (Wildman–Crippen MR) is 88.2 cm³/mol. The molecule has 1 aromatic carbocycles. The van der Waals surface area contributed by atoms with Crippen molar-refractivity contribution in [1.82, 2.24) is 5.32 Å². The molecule has 102 valence electrons. The van der Waals surface area contributed by atoms with Gasteiger partial charge in [0.15, 0.2) is 0 Å². The van der Waals surface area contributed by atoms with Gasteiger partial charge in [-0.1, -0.05) is 30.7 Å². The van der Waals surface area contributed by atoms with Crippen molar-refractivity contribution in [3.63, 3.8) is 0 Å². The smallest absolute Gasteiger partial charge is 0.0409 e. The largest absolute Gasteiger partial charge is 0.310 e. The second-order valence-corrected chi connectivity index (χ2v) is 6.84. The molecule has 1 unspecified atom stereocenters. The van der Waals surface area contributed by atoms with Crippen LogP contribution in [0.2, 0.25) is 5.02 Å². The van der Waals surface area contributed by atoms with E-state index in [0.29, 0.717) is 6.04 Å². The molecular formula is C15H17BrClNS. The SMILES string of the molecule is CCCNC(Cc1cc(Br)cs1)c1cccc(Cl)c1. The van der Waals surface area contributed by atoms with Gasteiger partial charge >= 0.3 is 0 Å². The molecule has 0 fully saturated rings. The summed E-state index contributed by atoms with van der Waals surface area (Å²) in [7, 11) is 0. The molecule has 1 aromatic heterocycles. The van der Waals surface area contributed by atoms with Gasteiger partial charge in [0.1, 0.15) is 0 Å². The van der Waals surface area contributed by atoms with Crippen molar-refractivity contribution in [3.05, 3.63) is 55.6 Å². The number of thiophene rings is 1. The Balaban J connectivity index is 2.15. The summed E-state index contributed by atoms with van der Waals surface area (Å²) in [6, 6.07) is 10.6. The highest BCUT2D eigenvalue weighted by Gasteiger charge is 2.13. The third-order valence-corrected chi connectivity index (χ3v) is 4.87. The zero-order valence-corrected chi connectivity index (χ0v) is 14.0. The first-order valence-electron chi connectivity index (χ1n) is 6.40. The Hall–Kier alpha value is -0.350. The van der Waals surface area contributed by atoms with E-state index < -0.39 is 0 Å². The maximum atomic E-state index is 6.10. The molecule has 1 N–H and O–H groups in total. The van der Waals surface area contributed by atoms with Gasteiger partial charge in [-0.2, -0.15) is 0 Å². The average molecular weight is 359 g/mol. The summed E-state index contributed by atoms with van der Waals surface area (Å²) < 4.78 is 1.16. The highest BCUT2D eigenvalue weighted by Crippen LogP contribution is 2.26. The van der Waals surface area contributed by atoms with Crippen LogP contribution in [0.3, 0.4) is 0 Å². The quantitative estimate of drug-likeness (QED) is 0.724. The van der Waals surface area contributed by atoms with Crippen LogP contribution in [0.15, 0.2) is 40.2 Å². The molecule has 0 radical (unpaired) electrons. The van der Waals surface area contributed by atoms with E-state index in [2.05, 4.69) is 51.7 Å². The molecule has 19 heavy (non-hydrogen) atoms. The normalized spacial score (nSPS) is 12.6. The van der Waals surface area contributed by atoms with E-state index in [9.17, 15) is 0 Å². The van der Waals surface area contributed by atoms with Gasteiger partial charge in [-0.05, 0) is 52.7 Å². The number of hydrogen-bond acceptors (Lipinski definition) is 2. The minimum Gasteiger partial charge on any atom is -0.310 e. The van der Waals surface area contributed by atoms with E-state index in [-0.39, 0.29) is 0 Å². The van der Waals surface area contributed by atoms with Crippen molar-refractivity contribution < 1.29 is 0 Å². The van der Waals surface area contributed by atoms with Crippen LogP contribution in [0.1, 0.15) is 29.8 Å². The first kappa shape index (κ1) is 15.0. The van der Waals surface area contributed by atoms with E-state index in [0.717, 1.165) is 28.9 Å². The van der Waals surface area contributed by atoms with Gasteiger partial charge in [0.05, 0.1) is 0 Å². The van der Waals surface area contributed by atoms with Gasteiger partial charge in [0, 0.05) is 32.2 Å². The van der Waals surface area contributed by atoms with Gasteiger partial charge < -0.3 is 5.32 Å². The van der Waals surface area contributed by atoms with Crippen LogP contribution >= 0.6 is 38.9 Å². The molecule has 0 aliphatic carbocycles. The summed E-state index contributed by atoms with van der Waals surface area (Å²) >= 11 is 11.4. The summed E-state index contributed by atoms with van der Waals surface area (Å²) in [6.45, 7) is 3.20. The predicted octanol–water partition coefficient (Wildman–Crippen LogP) is 5.45. The van der Waals surface area contributed by atoms with Crippen LogP contribution in [0.4, 0.5) is 0 Å². The molecule has 0 spiro atoms. The number of rotatable bonds is 6. The maximum Gasteiger partial charge on any atom is 0.0409 e. The van der Waals surface area contributed by atoms with Gasteiger partial charge in [0.25, 0.3) is 0 Å². The van der Waals surface area contributed by atoms with Crippen molar-refractivity contribution >= 4 is 38.9 Å². The second-order valence-electron chi connectivity index (χ2n) is 4.50. The Morgan fingerprint density at radius 2 is 2.21 bits per heavy atom. The molecule has 4 heteroatoms. The number of benzene rings is 1. The molecule has 1 heterocycles. The summed E-state index contributed by atoms with van der Waals surface area (Å²) in [5.41, 5.74) is 1.26. The number of hydrogen-bond donors (Lipinski definition) is 1. The van der Waals surface area contributed by atoms with E-state index in [1.807, 2.05) is 12.1 Å². The lowest BCUT2D eigenvalue weighted by molar-refractivity contribution is 0.532. The maximum absolute atomic E-state index is 6.10. The molecule has 0 saturated heterocycles. The standard InChI is InChI=1S/C15H17BrClNS/c1-2-6-18-15(9-14-8-12(16)10-19-14)11-4-3-5-13(17)7-11/h3-5,7-8,10,15,18H,2,6,9H2,1H3. The Bertz CT molecular complexity index is 526. The monoisotopic (exact) mass is 357 g/mol. The van der Waals surface area contributed by atoms with Crippen molar-refractivity contribution in [3.8, 4) is 0 Å². The topological polar surface area (TPSA) is 12.0 Å². The van der Waals surface area contributed by atoms with E-state index in [4.69, 9.17) is 11.6 Å². The molecule has 2 aromatic rings. The van der Waals surface area contributed by atoms with Crippen LogP contribution in [0.5, 0.6) is 0 Å². The fourth-order valence-electron chi connectivity index (χ4n) is 2.01. The van der Waals surface area contributed by atoms with Crippen molar-refractivity contribution in [2.45, 2.75) is 25.8 Å². The lowest BCUT2D eigenvalue weighted by Crippen LogP contribution is -2.23. The Morgan fingerprint density at radius 1 is 1.37 bits per heavy atom. The van der Waals surface area contributed by atoms with E-state index in [1.54, 1.807) is 11.3 Å². The van der Waals surface area contributed by atoms with Gasteiger partial charge in [-0.3, -0.25) is 0 Å². The summed E-state index contributed by atoms with van der Waals surface area (Å²) in [5.74, 6) is 0. The Morgan fingerprint density at radius 3 is 2.84 bits per heavy atom.